The lowest BCUT2D eigenvalue weighted by atomic mass is 9.84. The molecule has 4 aliphatic rings. The predicted molar refractivity (Wildman–Crippen MR) is 128 cm³/mol. The van der Waals surface area contributed by atoms with Crippen LogP contribution in [0.4, 0.5) is 0 Å². The summed E-state index contributed by atoms with van der Waals surface area (Å²) in [5.41, 5.74) is 2.75. The number of amides is 2. The van der Waals surface area contributed by atoms with Crippen LogP contribution < -0.4 is 10.6 Å². The van der Waals surface area contributed by atoms with E-state index >= 15 is 0 Å². The van der Waals surface area contributed by atoms with Crippen molar-refractivity contribution in [3.8, 4) is 11.1 Å². The van der Waals surface area contributed by atoms with E-state index in [1.165, 1.54) is 25.9 Å². The van der Waals surface area contributed by atoms with Crippen LogP contribution in [-0.4, -0.2) is 48.4 Å². The van der Waals surface area contributed by atoms with Crippen molar-refractivity contribution in [2.24, 2.45) is 5.92 Å². The van der Waals surface area contributed by atoms with Gasteiger partial charge in [0.2, 0.25) is 0 Å². The molecule has 32 heavy (non-hydrogen) atoms. The molecule has 4 heterocycles. The van der Waals surface area contributed by atoms with Crippen molar-refractivity contribution in [3.05, 3.63) is 59.0 Å². The highest BCUT2D eigenvalue weighted by Gasteiger charge is 2.35. The van der Waals surface area contributed by atoms with E-state index in [0.29, 0.717) is 17.5 Å². The molecule has 1 atom stereocenters. The zero-order valence-corrected chi connectivity index (χ0v) is 18.8. The van der Waals surface area contributed by atoms with Crippen LogP contribution in [-0.2, 0) is 0 Å². The maximum absolute atomic E-state index is 13.1. The second-order valence-electron chi connectivity index (χ2n) is 9.38. The highest BCUT2D eigenvalue weighted by Crippen LogP contribution is 2.36. The van der Waals surface area contributed by atoms with Gasteiger partial charge in [-0.2, -0.15) is 0 Å². The van der Waals surface area contributed by atoms with E-state index in [1.54, 1.807) is 11.3 Å². The van der Waals surface area contributed by atoms with Gasteiger partial charge in [0.15, 0.2) is 0 Å². The smallest absolute Gasteiger partial charge is 0.261 e. The van der Waals surface area contributed by atoms with E-state index in [0.717, 1.165) is 45.5 Å². The lowest BCUT2D eigenvalue weighted by Crippen LogP contribution is -2.57. The molecular formula is C26H27N3O2S. The Morgan fingerprint density at radius 3 is 2.47 bits per heavy atom. The molecule has 164 valence electrons. The van der Waals surface area contributed by atoms with Crippen molar-refractivity contribution < 1.29 is 9.59 Å². The Kier molecular flexibility index (Phi) is 5.00. The largest absolute Gasteiger partial charge is 0.349 e. The summed E-state index contributed by atoms with van der Waals surface area (Å²) in [6, 6.07) is 16.6. The van der Waals surface area contributed by atoms with Crippen LogP contribution in [0, 0.1) is 5.92 Å². The molecule has 5 nitrogen and oxygen atoms in total. The molecule has 1 saturated carbocycles. The molecule has 2 aromatic carbocycles. The Hall–Kier alpha value is -2.70. The molecule has 2 bridgehead atoms. The number of thiophene rings is 1. The SMILES string of the molecule is O=C(NC1CC1)c1cccc(-c2cccc3cc(C(=O)NC4CN5CCC4CC5)sc23)c1. The molecule has 3 aromatic rings. The first-order valence-electron chi connectivity index (χ1n) is 11.6. The molecule has 1 unspecified atom stereocenters. The Labute approximate surface area is 191 Å². The average Bonchev–Trinajstić information content (AvgIpc) is 3.53. The minimum absolute atomic E-state index is 0.00899. The third-order valence-corrected chi connectivity index (χ3v) is 8.27. The second-order valence-corrected chi connectivity index (χ2v) is 10.4. The first-order chi connectivity index (χ1) is 15.6. The molecule has 3 saturated heterocycles. The summed E-state index contributed by atoms with van der Waals surface area (Å²) in [7, 11) is 0. The standard InChI is InChI=1S/C26H27N3O2S/c30-25(27-20-7-8-20)19-5-1-3-17(13-19)21-6-2-4-18-14-23(32-24(18)21)26(31)28-22-15-29-11-9-16(22)10-12-29/h1-6,13-14,16,20,22H,7-12,15H2,(H,27,30)(H,28,31). The maximum atomic E-state index is 13.1. The van der Waals surface area contributed by atoms with E-state index in [2.05, 4.69) is 27.7 Å². The molecule has 4 fully saturated rings. The number of nitrogens with one attached hydrogen (secondary N) is 2. The molecule has 2 N–H and O–H groups in total. The second kappa shape index (κ2) is 8.01. The molecule has 0 spiro atoms. The molecule has 1 aliphatic carbocycles. The lowest BCUT2D eigenvalue weighted by molar-refractivity contribution is 0.0622. The highest BCUT2D eigenvalue weighted by atomic mass is 32.1. The number of rotatable bonds is 5. The third-order valence-electron chi connectivity index (χ3n) is 7.09. The number of nitrogens with zero attached hydrogens (tertiary/aromatic N) is 1. The molecule has 0 radical (unpaired) electrons. The van der Waals surface area contributed by atoms with Crippen LogP contribution in [0.5, 0.6) is 0 Å². The Morgan fingerprint density at radius 1 is 0.906 bits per heavy atom. The Balaban J connectivity index is 1.27. The molecule has 1 aromatic heterocycles. The predicted octanol–water partition coefficient (Wildman–Crippen LogP) is 4.28. The zero-order chi connectivity index (χ0) is 21.7. The molecule has 3 aliphatic heterocycles. The van der Waals surface area contributed by atoms with Crippen LogP contribution in [0.1, 0.15) is 45.7 Å². The summed E-state index contributed by atoms with van der Waals surface area (Å²) in [5.74, 6) is 0.636. The first kappa shape index (κ1) is 19.9. The number of hydrogen-bond donors (Lipinski definition) is 2. The highest BCUT2D eigenvalue weighted by molar-refractivity contribution is 7.21. The number of fused-ring (bicyclic) bond motifs is 4. The molecular weight excluding hydrogens is 418 g/mol. The van der Waals surface area contributed by atoms with Gasteiger partial charge < -0.3 is 15.5 Å². The fourth-order valence-electron chi connectivity index (χ4n) is 5.09. The summed E-state index contributed by atoms with van der Waals surface area (Å²) in [5, 5.41) is 7.44. The van der Waals surface area contributed by atoms with Gasteiger partial charge >= 0.3 is 0 Å². The van der Waals surface area contributed by atoms with Crippen LogP contribution in [0.3, 0.4) is 0 Å². The van der Waals surface area contributed by atoms with Crippen molar-refractivity contribution in [2.75, 3.05) is 19.6 Å². The van der Waals surface area contributed by atoms with Crippen molar-refractivity contribution in [3.63, 3.8) is 0 Å². The van der Waals surface area contributed by atoms with Gasteiger partial charge in [-0.15, -0.1) is 11.3 Å². The van der Waals surface area contributed by atoms with Crippen LogP contribution >= 0.6 is 11.3 Å². The van der Waals surface area contributed by atoms with E-state index in [4.69, 9.17) is 0 Å². The van der Waals surface area contributed by atoms with Gasteiger partial charge in [-0.1, -0.05) is 30.3 Å². The van der Waals surface area contributed by atoms with Crippen molar-refractivity contribution in [1.29, 1.82) is 0 Å². The van der Waals surface area contributed by atoms with Crippen molar-refractivity contribution in [2.45, 2.75) is 37.8 Å². The van der Waals surface area contributed by atoms with Crippen molar-refractivity contribution in [1.82, 2.24) is 15.5 Å². The van der Waals surface area contributed by atoms with Crippen LogP contribution in [0.25, 0.3) is 21.2 Å². The fraction of sp³-hybridized carbons (Fsp3) is 0.385. The van der Waals surface area contributed by atoms with Gasteiger partial charge in [0.05, 0.1) is 4.88 Å². The van der Waals surface area contributed by atoms with Gasteiger partial charge in [-0.05, 0) is 79.4 Å². The first-order valence-corrected chi connectivity index (χ1v) is 12.4. The van der Waals surface area contributed by atoms with Crippen molar-refractivity contribution >= 4 is 33.2 Å². The van der Waals surface area contributed by atoms with E-state index in [-0.39, 0.29) is 17.9 Å². The Morgan fingerprint density at radius 2 is 1.72 bits per heavy atom. The van der Waals surface area contributed by atoms with Gasteiger partial charge in [0, 0.05) is 28.9 Å². The van der Waals surface area contributed by atoms with Crippen LogP contribution in [0.15, 0.2) is 48.5 Å². The van der Waals surface area contributed by atoms with E-state index in [9.17, 15) is 9.59 Å². The summed E-state index contributed by atoms with van der Waals surface area (Å²) < 4.78 is 1.09. The fourth-order valence-corrected chi connectivity index (χ4v) is 6.19. The monoisotopic (exact) mass is 445 g/mol. The molecule has 6 heteroatoms. The maximum Gasteiger partial charge on any atom is 0.261 e. The minimum Gasteiger partial charge on any atom is -0.349 e. The number of hydrogen-bond acceptors (Lipinski definition) is 4. The number of carbonyl (C=O) groups excluding carboxylic acids is 2. The van der Waals surface area contributed by atoms with Crippen LogP contribution in [0.2, 0.25) is 0 Å². The normalized spacial score (nSPS) is 24.4. The van der Waals surface area contributed by atoms with Gasteiger partial charge in [-0.3, -0.25) is 9.59 Å². The third kappa shape index (κ3) is 3.82. The van der Waals surface area contributed by atoms with E-state index in [1.807, 2.05) is 36.4 Å². The number of carbonyl (C=O) groups is 2. The number of piperidine rings is 3. The summed E-state index contributed by atoms with van der Waals surface area (Å²) in [6.45, 7) is 3.31. The van der Waals surface area contributed by atoms with Gasteiger partial charge in [0.25, 0.3) is 11.8 Å². The lowest BCUT2D eigenvalue weighted by Gasteiger charge is -2.44. The molecule has 7 rings (SSSR count). The molecule has 2 amide bonds. The number of benzene rings is 2. The Bertz CT molecular complexity index is 1190. The van der Waals surface area contributed by atoms with E-state index < -0.39 is 0 Å². The zero-order valence-electron chi connectivity index (χ0n) is 18.0. The summed E-state index contributed by atoms with van der Waals surface area (Å²) >= 11 is 1.54. The quantitative estimate of drug-likeness (QED) is 0.616. The van der Waals surface area contributed by atoms with Gasteiger partial charge in [-0.25, -0.2) is 0 Å². The minimum atomic E-state index is -0.00899. The summed E-state index contributed by atoms with van der Waals surface area (Å²) in [4.78, 5) is 28.8. The topological polar surface area (TPSA) is 61.4 Å². The average molecular weight is 446 g/mol. The summed E-state index contributed by atoms with van der Waals surface area (Å²) in [6.07, 6.45) is 4.52. The van der Waals surface area contributed by atoms with Gasteiger partial charge in [0.1, 0.15) is 0 Å².